The maximum atomic E-state index is 13.3. The molecule has 7 heteroatoms. The highest BCUT2D eigenvalue weighted by molar-refractivity contribution is 6.20. The average Bonchev–Trinajstić information content (AvgIpc) is 3.28. The first-order chi connectivity index (χ1) is 17.9. The lowest BCUT2D eigenvalue weighted by Crippen LogP contribution is -2.52. The van der Waals surface area contributed by atoms with Gasteiger partial charge >= 0.3 is 0 Å². The third-order valence-corrected chi connectivity index (χ3v) is 7.13. The van der Waals surface area contributed by atoms with E-state index in [0.717, 1.165) is 24.0 Å². The summed E-state index contributed by atoms with van der Waals surface area (Å²) in [6, 6.07) is 24.5. The van der Waals surface area contributed by atoms with Gasteiger partial charge in [-0.2, -0.15) is 0 Å². The molecule has 0 saturated carbocycles. The summed E-state index contributed by atoms with van der Waals surface area (Å²) in [5.74, 6) is -0.850. The highest BCUT2D eigenvalue weighted by atomic mass is 16.2. The molecule has 7 nitrogen and oxygen atoms in total. The molecule has 3 amide bonds. The number of para-hydroxylation sites is 1. The fourth-order valence-corrected chi connectivity index (χ4v) is 5.15. The van der Waals surface area contributed by atoms with Gasteiger partial charge < -0.3 is 15.5 Å². The molecule has 2 aliphatic rings. The zero-order valence-corrected chi connectivity index (χ0v) is 21.0. The molecular formula is C30H30N4O3. The Hall–Kier alpha value is -4.26. The molecule has 5 rings (SSSR count). The summed E-state index contributed by atoms with van der Waals surface area (Å²) in [5, 5.41) is 5.56. The Kier molecular flexibility index (Phi) is 6.86. The molecule has 1 aliphatic heterocycles. The molecule has 37 heavy (non-hydrogen) atoms. The molecule has 3 aromatic rings. The normalized spacial score (nSPS) is 19.2. The van der Waals surface area contributed by atoms with Crippen molar-refractivity contribution >= 4 is 29.1 Å². The van der Waals surface area contributed by atoms with Crippen molar-refractivity contribution in [2.24, 2.45) is 4.99 Å². The number of rotatable bonds is 6. The van der Waals surface area contributed by atoms with Crippen LogP contribution in [0.25, 0.3) is 0 Å². The maximum absolute atomic E-state index is 13.3. The summed E-state index contributed by atoms with van der Waals surface area (Å²) in [6.07, 6.45) is 1.09. The van der Waals surface area contributed by atoms with Crippen molar-refractivity contribution in [3.63, 3.8) is 0 Å². The number of nitrogens with zero attached hydrogens (tertiary/aromatic N) is 2. The number of carbonyl (C=O) groups excluding carboxylic acids is 3. The number of anilines is 1. The number of benzodiazepines with no additional fused rings is 1. The summed E-state index contributed by atoms with van der Waals surface area (Å²) in [6.45, 7) is 1.62. The topological polar surface area (TPSA) is 90.9 Å². The minimum absolute atomic E-state index is 0.153. The molecule has 0 aromatic heterocycles. The standard InChI is InChI=1S/C30H30N4O3/c1-19(31-26(35)18-22-17-16-20-10-6-7-13-23(20)22)29(36)33-28-30(37)34(2)25-15-9-8-14-24(25)27(32-28)21-11-4-3-5-12-21/h3-15,19,22,28H,16-18H2,1-2H3,(H,31,35)(H,33,36)/t19-,22?,28+/m0/s1. The Balaban J connectivity index is 1.31. The third-order valence-electron chi connectivity index (χ3n) is 7.13. The lowest BCUT2D eigenvalue weighted by Gasteiger charge is -2.22. The van der Waals surface area contributed by atoms with Crippen LogP contribution in [-0.4, -0.2) is 42.7 Å². The monoisotopic (exact) mass is 494 g/mol. The van der Waals surface area contributed by atoms with Crippen LogP contribution < -0.4 is 15.5 Å². The summed E-state index contributed by atoms with van der Waals surface area (Å²) in [7, 11) is 1.68. The van der Waals surface area contributed by atoms with E-state index in [1.165, 1.54) is 16.0 Å². The van der Waals surface area contributed by atoms with E-state index in [1.807, 2.05) is 66.7 Å². The van der Waals surface area contributed by atoms with Gasteiger partial charge in [0.05, 0.1) is 11.4 Å². The predicted octanol–water partition coefficient (Wildman–Crippen LogP) is 3.57. The van der Waals surface area contributed by atoms with E-state index in [1.54, 1.807) is 14.0 Å². The zero-order valence-electron chi connectivity index (χ0n) is 21.0. The molecule has 0 radical (unpaired) electrons. The van der Waals surface area contributed by atoms with Crippen molar-refractivity contribution in [1.82, 2.24) is 10.6 Å². The summed E-state index contributed by atoms with van der Waals surface area (Å²) < 4.78 is 0. The molecule has 0 bridgehead atoms. The second-order valence-electron chi connectivity index (χ2n) is 9.60. The highest BCUT2D eigenvalue weighted by Crippen LogP contribution is 2.35. The number of likely N-dealkylation sites (N-methyl/N-ethyl adjacent to an activating group) is 1. The second-order valence-corrected chi connectivity index (χ2v) is 9.60. The highest BCUT2D eigenvalue weighted by Gasteiger charge is 2.32. The van der Waals surface area contributed by atoms with Crippen LogP contribution in [-0.2, 0) is 20.8 Å². The van der Waals surface area contributed by atoms with Gasteiger partial charge in [-0.25, -0.2) is 4.99 Å². The van der Waals surface area contributed by atoms with E-state index in [9.17, 15) is 14.4 Å². The van der Waals surface area contributed by atoms with Crippen molar-refractivity contribution in [3.8, 4) is 0 Å². The zero-order chi connectivity index (χ0) is 25.9. The van der Waals surface area contributed by atoms with Gasteiger partial charge in [0, 0.05) is 24.6 Å². The Morgan fingerprint density at radius 2 is 1.70 bits per heavy atom. The van der Waals surface area contributed by atoms with Crippen LogP contribution in [0.1, 0.15) is 47.9 Å². The smallest absolute Gasteiger partial charge is 0.272 e. The largest absolute Gasteiger partial charge is 0.345 e. The van der Waals surface area contributed by atoms with Crippen LogP contribution in [0.15, 0.2) is 83.9 Å². The first kappa shape index (κ1) is 24.4. The van der Waals surface area contributed by atoms with Crippen molar-refractivity contribution in [1.29, 1.82) is 0 Å². The van der Waals surface area contributed by atoms with Gasteiger partial charge in [0.2, 0.25) is 18.0 Å². The molecular weight excluding hydrogens is 464 g/mol. The number of fused-ring (bicyclic) bond motifs is 2. The van der Waals surface area contributed by atoms with Crippen molar-refractivity contribution in [2.75, 3.05) is 11.9 Å². The summed E-state index contributed by atoms with van der Waals surface area (Å²) in [5.41, 5.74) is 5.48. The van der Waals surface area contributed by atoms with Gasteiger partial charge in [-0.15, -0.1) is 0 Å². The number of amides is 3. The van der Waals surface area contributed by atoms with Crippen LogP contribution in [0.4, 0.5) is 5.69 Å². The molecule has 188 valence electrons. The number of nitrogens with one attached hydrogen (secondary N) is 2. The minimum atomic E-state index is -1.12. The van der Waals surface area contributed by atoms with Crippen LogP contribution in [0.5, 0.6) is 0 Å². The average molecular weight is 495 g/mol. The Morgan fingerprint density at radius 3 is 2.51 bits per heavy atom. The SMILES string of the molecule is C[C@H](NC(=O)CC1CCc2ccccc21)C(=O)N[C@H]1N=C(c2ccccc2)c2ccccc2N(C)C1=O. The Labute approximate surface area is 216 Å². The Bertz CT molecular complexity index is 1370. The molecule has 3 atom stereocenters. The summed E-state index contributed by atoms with van der Waals surface area (Å²) in [4.78, 5) is 45.4. The maximum Gasteiger partial charge on any atom is 0.272 e. The summed E-state index contributed by atoms with van der Waals surface area (Å²) >= 11 is 0. The van der Waals surface area contributed by atoms with Gasteiger partial charge in [0.1, 0.15) is 6.04 Å². The molecule has 1 aliphatic carbocycles. The molecule has 1 unspecified atom stereocenters. The van der Waals surface area contributed by atoms with E-state index in [2.05, 4.69) is 22.8 Å². The van der Waals surface area contributed by atoms with Crippen molar-refractivity contribution < 1.29 is 14.4 Å². The van der Waals surface area contributed by atoms with Crippen molar-refractivity contribution in [2.45, 2.75) is 44.3 Å². The molecule has 1 heterocycles. The van der Waals surface area contributed by atoms with Crippen molar-refractivity contribution in [3.05, 3.63) is 101 Å². The molecule has 0 spiro atoms. The van der Waals surface area contributed by atoms with Gasteiger partial charge in [-0.1, -0.05) is 72.8 Å². The first-order valence-electron chi connectivity index (χ1n) is 12.6. The van der Waals surface area contributed by atoms with E-state index in [4.69, 9.17) is 4.99 Å². The quantitative estimate of drug-likeness (QED) is 0.549. The van der Waals surface area contributed by atoms with E-state index >= 15 is 0 Å². The van der Waals surface area contributed by atoms with Gasteiger partial charge in [-0.3, -0.25) is 14.4 Å². The first-order valence-corrected chi connectivity index (χ1v) is 12.6. The van der Waals surface area contributed by atoms with Gasteiger partial charge in [0.25, 0.3) is 5.91 Å². The van der Waals surface area contributed by atoms with E-state index in [0.29, 0.717) is 17.8 Å². The van der Waals surface area contributed by atoms with Gasteiger partial charge in [-0.05, 0) is 42.9 Å². The van der Waals surface area contributed by atoms with Crippen LogP contribution in [0, 0.1) is 0 Å². The number of carbonyl (C=O) groups is 3. The molecule has 2 N–H and O–H groups in total. The predicted molar refractivity (Wildman–Crippen MR) is 144 cm³/mol. The Morgan fingerprint density at radius 1 is 1.00 bits per heavy atom. The second kappa shape index (κ2) is 10.4. The van der Waals surface area contributed by atoms with Gasteiger partial charge in [0.15, 0.2) is 0 Å². The van der Waals surface area contributed by atoms with Crippen LogP contribution in [0.3, 0.4) is 0 Å². The number of aliphatic imine (C=N–C) groups is 1. The van der Waals surface area contributed by atoms with Crippen LogP contribution in [0.2, 0.25) is 0 Å². The lowest BCUT2D eigenvalue weighted by molar-refractivity contribution is -0.131. The lowest BCUT2D eigenvalue weighted by atomic mass is 9.97. The van der Waals surface area contributed by atoms with E-state index < -0.39 is 18.1 Å². The minimum Gasteiger partial charge on any atom is -0.345 e. The number of hydrogen-bond donors (Lipinski definition) is 2. The molecule has 0 fully saturated rings. The number of aryl methyl sites for hydroxylation is 1. The van der Waals surface area contributed by atoms with Crippen LogP contribution >= 0.6 is 0 Å². The fraction of sp³-hybridized carbons (Fsp3) is 0.267. The third kappa shape index (κ3) is 5.03. The molecule has 3 aromatic carbocycles. The van der Waals surface area contributed by atoms with E-state index in [-0.39, 0.29) is 17.7 Å². The molecule has 0 saturated heterocycles. The number of benzene rings is 3. The fourth-order valence-electron chi connectivity index (χ4n) is 5.15. The number of hydrogen-bond acceptors (Lipinski definition) is 4.